The number of piperazine rings is 1. The first kappa shape index (κ1) is 19.6. The van der Waals surface area contributed by atoms with E-state index in [4.69, 9.17) is 11.6 Å². The molecule has 1 aromatic carbocycles. The van der Waals surface area contributed by atoms with E-state index in [1.807, 2.05) is 31.2 Å². The van der Waals surface area contributed by atoms with E-state index in [1.54, 1.807) is 4.90 Å². The molecule has 1 amide bonds. The van der Waals surface area contributed by atoms with Gasteiger partial charge in [0.05, 0.1) is 18.1 Å². The first-order valence-electron chi connectivity index (χ1n) is 9.10. The van der Waals surface area contributed by atoms with Crippen molar-refractivity contribution < 1.29 is 13.2 Å². The highest BCUT2D eigenvalue weighted by atomic mass is 35.5. The Kier molecular flexibility index (Phi) is 6.22. The molecule has 1 aromatic rings. The molecule has 0 aromatic heterocycles. The molecule has 2 saturated heterocycles. The number of likely N-dealkylation sites (N-methyl/N-ethyl adjacent to an activating group) is 1. The Bertz CT molecular complexity index is 756. The highest BCUT2D eigenvalue weighted by Crippen LogP contribution is 2.25. The number of sulfone groups is 1. The van der Waals surface area contributed by atoms with Crippen molar-refractivity contribution in [2.75, 3.05) is 44.2 Å². The second-order valence-electron chi connectivity index (χ2n) is 6.98. The molecule has 2 fully saturated rings. The molecule has 2 atom stereocenters. The number of amides is 1. The molecule has 26 heavy (non-hydrogen) atoms. The number of benzene rings is 1. The average Bonchev–Trinajstić information content (AvgIpc) is 2.95. The van der Waals surface area contributed by atoms with E-state index >= 15 is 0 Å². The molecule has 0 spiro atoms. The number of rotatable bonds is 5. The van der Waals surface area contributed by atoms with E-state index in [-0.39, 0.29) is 29.5 Å². The Morgan fingerprint density at radius 3 is 2.88 bits per heavy atom. The van der Waals surface area contributed by atoms with Gasteiger partial charge in [-0.1, -0.05) is 23.7 Å². The fourth-order valence-electron chi connectivity index (χ4n) is 3.90. The predicted molar refractivity (Wildman–Crippen MR) is 103 cm³/mol. The van der Waals surface area contributed by atoms with Crippen molar-refractivity contribution in [1.29, 1.82) is 0 Å². The van der Waals surface area contributed by atoms with Gasteiger partial charge in [0.2, 0.25) is 5.91 Å². The fourth-order valence-corrected chi connectivity index (χ4v) is 5.83. The normalized spacial score (nSPS) is 25.9. The minimum absolute atomic E-state index is 0.00327. The van der Waals surface area contributed by atoms with Crippen LogP contribution in [0.4, 0.5) is 0 Å². The largest absolute Gasteiger partial charge is 0.338 e. The zero-order chi connectivity index (χ0) is 18.7. The van der Waals surface area contributed by atoms with Gasteiger partial charge in [-0.15, -0.1) is 0 Å². The van der Waals surface area contributed by atoms with Crippen LogP contribution >= 0.6 is 11.6 Å². The van der Waals surface area contributed by atoms with Crippen molar-refractivity contribution in [1.82, 2.24) is 15.1 Å². The van der Waals surface area contributed by atoms with E-state index in [0.717, 1.165) is 25.2 Å². The lowest BCUT2D eigenvalue weighted by Gasteiger charge is -2.38. The van der Waals surface area contributed by atoms with Crippen LogP contribution in [0.1, 0.15) is 24.9 Å². The Balaban J connectivity index is 1.71. The molecule has 0 bridgehead atoms. The van der Waals surface area contributed by atoms with E-state index in [2.05, 4.69) is 10.2 Å². The summed E-state index contributed by atoms with van der Waals surface area (Å²) in [6.45, 7) is 5.10. The summed E-state index contributed by atoms with van der Waals surface area (Å²) >= 11 is 6.13. The zero-order valence-corrected chi connectivity index (χ0v) is 16.6. The third-order valence-electron chi connectivity index (χ3n) is 5.24. The van der Waals surface area contributed by atoms with Crippen LogP contribution in [-0.2, 0) is 14.6 Å². The maximum absolute atomic E-state index is 12.9. The number of nitrogens with one attached hydrogen (secondary N) is 1. The summed E-state index contributed by atoms with van der Waals surface area (Å²) in [5, 5.41) is 4.06. The standard InChI is InChI=1S/C18H26ClN3O3S/c1-2-22(16-6-9-26(24,25)13-16)18(23)12-21-8-7-20-11-17(21)14-4-3-5-15(19)10-14/h3-5,10,16-17,20H,2,6-9,11-13H2,1H3. The van der Waals surface area contributed by atoms with E-state index in [1.165, 1.54) is 0 Å². The number of carbonyl (C=O) groups is 1. The van der Waals surface area contributed by atoms with Crippen molar-refractivity contribution in [3.63, 3.8) is 0 Å². The third-order valence-corrected chi connectivity index (χ3v) is 7.22. The molecule has 1 N–H and O–H groups in total. The van der Waals surface area contributed by atoms with Crippen molar-refractivity contribution in [2.45, 2.75) is 25.4 Å². The molecule has 0 aliphatic carbocycles. The summed E-state index contributed by atoms with van der Waals surface area (Å²) in [5.41, 5.74) is 1.09. The van der Waals surface area contributed by atoms with Gasteiger partial charge in [0, 0.05) is 43.3 Å². The van der Waals surface area contributed by atoms with Gasteiger partial charge >= 0.3 is 0 Å². The maximum atomic E-state index is 12.9. The van der Waals surface area contributed by atoms with Gasteiger partial charge in [0.1, 0.15) is 0 Å². The zero-order valence-electron chi connectivity index (χ0n) is 15.0. The van der Waals surface area contributed by atoms with E-state index in [9.17, 15) is 13.2 Å². The quantitative estimate of drug-likeness (QED) is 0.808. The molecule has 6 nitrogen and oxygen atoms in total. The van der Waals surface area contributed by atoms with Gasteiger partial charge in [0.25, 0.3) is 0 Å². The Labute approximate surface area is 160 Å². The Morgan fingerprint density at radius 2 is 2.23 bits per heavy atom. The van der Waals surface area contributed by atoms with Gasteiger partial charge in [0.15, 0.2) is 9.84 Å². The number of hydrogen-bond acceptors (Lipinski definition) is 5. The molecule has 2 aliphatic rings. The monoisotopic (exact) mass is 399 g/mol. The van der Waals surface area contributed by atoms with Gasteiger partial charge in [-0.2, -0.15) is 0 Å². The number of hydrogen-bond donors (Lipinski definition) is 1. The first-order chi connectivity index (χ1) is 12.4. The predicted octanol–water partition coefficient (Wildman–Crippen LogP) is 1.32. The van der Waals surface area contributed by atoms with Crippen LogP contribution in [0.2, 0.25) is 5.02 Å². The number of nitrogens with zero attached hydrogens (tertiary/aromatic N) is 2. The second kappa shape index (κ2) is 8.25. The number of carbonyl (C=O) groups excluding carboxylic acids is 1. The minimum Gasteiger partial charge on any atom is -0.338 e. The lowest BCUT2D eigenvalue weighted by atomic mass is 10.0. The molecular weight excluding hydrogens is 374 g/mol. The summed E-state index contributed by atoms with van der Waals surface area (Å²) in [7, 11) is -3.01. The van der Waals surface area contributed by atoms with Crippen LogP contribution in [0.15, 0.2) is 24.3 Å². The molecule has 2 aliphatic heterocycles. The van der Waals surface area contributed by atoms with Gasteiger partial charge in [-0.25, -0.2) is 8.42 Å². The fraction of sp³-hybridized carbons (Fsp3) is 0.611. The van der Waals surface area contributed by atoms with Gasteiger partial charge in [-0.3, -0.25) is 9.69 Å². The second-order valence-corrected chi connectivity index (χ2v) is 9.65. The van der Waals surface area contributed by atoms with Crippen molar-refractivity contribution in [3.8, 4) is 0 Å². The first-order valence-corrected chi connectivity index (χ1v) is 11.3. The van der Waals surface area contributed by atoms with Crippen LogP contribution < -0.4 is 5.32 Å². The minimum atomic E-state index is -3.01. The maximum Gasteiger partial charge on any atom is 0.237 e. The van der Waals surface area contributed by atoms with E-state index in [0.29, 0.717) is 24.5 Å². The van der Waals surface area contributed by atoms with Crippen molar-refractivity contribution in [3.05, 3.63) is 34.9 Å². The van der Waals surface area contributed by atoms with Gasteiger partial charge in [-0.05, 0) is 31.0 Å². The molecule has 2 heterocycles. The summed E-state index contributed by atoms with van der Waals surface area (Å²) in [6.07, 6.45) is 0.543. The molecule has 144 valence electrons. The van der Waals surface area contributed by atoms with Crippen LogP contribution in [0.25, 0.3) is 0 Å². The Morgan fingerprint density at radius 1 is 1.42 bits per heavy atom. The summed E-state index contributed by atoms with van der Waals surface area (Å²) in [5.74, 6) is 0.273. The molecule has 2 unspecified atom stereocenters. The van der Waals surface area contributed by atoms with E-state index < -0.39 is 9.84 Å². The molecule has 0 radical (unpaired) electrons. The van der Waals surface area contributed by atoms with Gasteiger partial charge < -0.3 is 10.2 Å². The lowest BCUT2D eigenvalue weighted by Crippen LogP contribution is -2.52. The number of halogens is 1. The van der Waals surface area contributed by atoms with Crippen molar-refractivity contribution in [2.24, 2.45) is 0 Å². The average molecular weight is 400 g/mol. The molecule has 0 saturated carbocycles. The smallest absolute Gasteiger partial charge is 0.237 e. The highest BCUT2D eigenvalue weighted by molar-refractivity contribution is 7.91. The Hall–Kier alpha value is -1.15. The summed E-state index contributed by atoms with van der Waals surface area (Å²) in [4.78, 5) is 16.8. The SMILES string of the molecule is CCN(C(=O)CN1CCNCC1c1cccc(Cl)c1)C1CCS(=O)(=O)C1. The highest BCUT2D eigenvalue weighted by Gasteiger charge is 2.35. The van der Waals surface area contributed by atoms with Crippen LogP contribution in [0, 0.1) is 0 Å². The lowest BCUT2D eigenvalue weighted by molar-refractivity contribution is -0.134. The third kappa shape index (κ3) is 4.57. The molecule has 8 heteroatoms. The van der Waals surface area contributed by atoms with Crippen LogP contribution in [0.3, 0.4) is 0 Å². The summed E-state index contributed by atoms with van der Waals surface area (Å²) in [6, 6.07) is 7.63. The van der Waals surface area contributed by atoms with Crippen LogP contribution in [0.5, 0.6) is 0 Å². The molecular formula is C18H26ClN3O3S. The van der Waals surface area contributed by atoms with Crippen molar-refractivity contribution >= 4 is 27.3 Å². The molecule has 3 rings (SSSR count). The van der Waals surface area contributed by atoms with Crippen LogP contribution in [-0.4, -0.2) is 74.4 Å². The topological polar surface area (TPSA) is 69.7 Å². The summed E-state index contributed by atoms with van der Waals surface area (Å²) < 4.78 is 23.5.